The molecular weight excluding hydrogens is 443 g/mol. The van der Waals surface area contributed by atoms with E-state index in [0.29, 0.717) is 6.07 Å². The summed E-state index contributed by atoms with van der Waals surface area (Å²) in [6, 6.07) is 2.54. The zero-order valence-electron chi connectivity index (χ0n) is 16.8. The molecule has 30 heavy (non-hydrogen) atoms. The predicted octanol–water partition coefficient (Wildman–Crippen LogP) is 2.90. The highest BCUT2D eigenvalue weighted by molar-refractivity contribution is 7.89. The van der Waals surface area contributed by atoms with E-state index in [0.717, 1.165) is 28.3 Å². The number of halogens is 3. The van der Waals surface area contributed by atoms with E-state index in [1.807, 2.05) is 20.8 Å². The number of hydrogen-bond donors (Lipinski definition) is 1. The van der Waals surface area contributed by atoms with E-state index in [1.165, 1.54) is 11.7 Å². The summed E-state index contributed by atoms with van der Waals surface area (Å²) in [5.41, 5.74) is -1.68. The van der Waals surface area contributed by atoms with Gasteiger partial charge in [-0.3, -0.25) is 4.79 Å². The van der Waals surface area contributed by atoms with Crippen LogP contribution in [0.1, 0.15) is 41.6 Å². The fraction of sp³-hybridized carbons (Fsp3) is 0.444. The van der Waals surface area contributed by atoms with Crippen molar-refractivity contribution in [3.8, 4) is 5.75 Å². The lowest BCUT2D eigenvalue weighted by Crippen LogP contribution is -2.25. The molecule has 166 valence electrons. The normalized spacial score (nSPS) is 13.5. The molecule has 1 amide bonds. The number of aromatic nitrogens is 1. The van der Waals surface area contributed by atoms with Crippen molar-refractivity contribution in [1.29, 1.82) is 0 Å². The Morgan fingerprint density at radius 2 is 1.90 bits per heavy atom. The number of ether oxygens (including phenoxy) is 1. The van der Waals surface area contributed by atoms with E-state index in [-0.39, 0.29) is 33.8 Å². The third-order valence-corrected chi connectivity index (χ3v) is 6.23. The predicted molar refractivity (Wildman–Crippen MR) is 107 cm³/mol. The first-order valence-electron chi connectivity index (χ1n) is 8.67. The van der Waals surface area contributed by atoms with Crippen molar-refractivity contribution in [3.63, 3.8) is 0 Å². The van der Waals surface area contributed by atoms with Gasteiger partial charge in [0.05, 0.1) is 24.0 Å². The molecule has 0 aliphatic heterocycles. The highest BCUT2D eigenvalue weighted by Gasteiger charge is 2.32. The summed E-state index contributed by atoms with van der Waals surface area (Å²) in [6.07, 6.45) is -2.98. The number of rotatable bonds is 5. The number of methoxy groups -OCH3 is 1. The molecule has 0 fully saturated rings. The molecule has 7 nitrogen and oxygen atoms in total. The molecule has 1 aromatic carbocycles. The van der Waals surface area contributed by atoms with Crippen LogP contribution in [0.25, 0.3) is 0 Å². The number of aryl methyl sites for hydroxylation is 1. The summed E-state index contributed by atoms with van der Waals surface area (Å²) in [5.74, 6) is -1.38. The number of carbonyl (C=O) groups excluding carboxylic acids is 1. The molecule has 1 heterocycles. The standard InChI is InChI=1S/C18H22F3N3O4S2/c1-17(2,3)14-10-24(7-8-30(22,26)27)16(29-14)23-15(25)12-9-11(18(19,20)21)5-6-13(12)28-4/h5-6,9-10H,7-8H2,1-4H3,(H2,22,26,27)/b23-16-. The van der Waals surface area contributed by atoms with Crippen molar-refractivity contribution in [1.82, 2.24) is 4.57 Å². The molecular formula is C18H22F3N3O4S2. The highest BCUT2D eigenvalue weighted by Crippen LogP contribution is 2.33. The van der Waals surface area contributed by atoms with Crippen LogP contribution in [0.3, 0.4) is 0 Å². The first-order chi connectivity index (χ1) is 13.6. The SMILES string of the molecule is COc1ccc(C(F)(F)F)cc1C(=O)/N=c1\sc(C(C)(C)C)cn1CCS(N)(=O)=O. The van der Waals surface area contributed by atoms with Gasteiger partial charge in [0, 0.05) is 17.6 Å². The Morgan fingerprint density at radius 3 is 2.40 bits per heavy atom. The van der Waals surface area contributed by atoms with Crippen LogP contribution in [0.2, 0.25) is 0 Å². The Labute approximate surface area is 176 Å². The van der Waals surface area contributed by atoms with Gasteiger partial charge in [0.15, 0.2) is 4.80 Å². The van der Waals surface area contributed by atoms with Crippen molar-refractivity contribution < 1.29 is 31.1 Å². The zero-order valence-corrected chi connectivity index (χ0v) is 18.4. The van der Waals surface area contributed by atoms with Crippen LogP contribution >= 0.6 is 11.3 Å². The van der Waals surface area contributed by atoms with Gasteiger partial charge in [-0.2, -0.15) is 18.2 Å². The second kappa shape index (κ2) is 8.52. The lowest BCUT2D eigenvalue weighted by Gasteiger charge is -2.14. The lowest BCUT2D eigenvalue weighted by molar-refractivity contribution is -0.137. The topological polar surface area (TPSA) is 104 Å². The Balaban J connectivity index is 2.59. The van der Waals surface area contributed by atoms with E-state index in [1.54, 1.807) is 6.20 Å². The average molecular weight is 466 g/mol. The number of nitrogens with zero attached hydrogens (tertiary/aromatic N) is 2. The van der Waals surface area contributed by atoms with Crippen molar-refractivity contribution >= 4 is 27.3 Å². The maximum atomic E-state index is 13.1. The van der Waals surface area contributed by atoms with Crippen molar-refractivity contribution in [2.45, 2.75) is 38.9 Å². The van der Waals surface area contributed by atoms with Crippen LogP contribution in [-0.4, -0.2) is 31.8 Å². The Morgan fingerprint density at radius 1 is 1.27 bits per heavy atom. The molecule has 0 spiro atoms. The summed E-state index contributed by atoms with van der Waals surface area (Å²) in [4.78, 5) is 17.6. The molecule has 0 radical (unpaired) electrons. The summed E-state index contributed by atoms with van der Waals surface area (Å²) >= 11 is 1.14. The molecule has 2 rings (SSSR count). The van der Waals surface area contributed by atoms with Crippen LogP contribution in [0.15, 0.2) is 29.4 Å². The van der Waals surface area contributed by atoms with Gasteiger partial charge < -0.3 is 9.30 Å². The first-order valence-corrected chi connectivity index (χ1v) is 11.2. The van der Waals surface area contributed by atoms with Crippen LogP contribution in [-0.2, 0) is 28.2 Å². The van der Waals surface area contributed by atoms with Crippen molar-refractivity contribution in [2.24, 2.45) is 10.1 Å². The first kappa shape index (κ1) is 24.1. The van der Waals surface area contributed by atoms with E-state index in [4.69, 9.17) is 9.88 Å². The van der Waals surface area contributed by atoms with E-state index in [2.05, 4.69) is 4.99 Å². The van der Waals surface area contributed by atoms with Gasteiger partial charge in [0.25, 0.3) is 5.91 Å². The largest absolute Gasteiger partial charge is 0.496 e. The molecule has 0 aliphatic rings. The maximum Gasteiger partial charge on any atom is 0.416 e. The van der Waals surface area contributed by atoms with Gasteiger partial charge in [-0.15, -0.1) is 11.3 Å². The molecule has 0 aliphatic carbocycles. The number of thiazole rings is 1. The fourth-order valence-corrected chi connectivity index (χ4v) is 3.92. The van der Waals surface area contributed by atoms with Crippen LogP contribution < -0.4 is 14.7 Å². The Kier molecular flexibility index (Phi) is 6.84. The smallest absolute Gasteiger partial charge is 0.416 e. The minimum Gasteiger partial charge on any atom is -0.496 e. The monoisotopic (exact) mass is 465 g/mol. The van der Waals surface area contributed by atoms with Crippen molar-refractivity contribution in [2.75, 3.05) is 12.9 Å². The third-order valence-electron chi connectivity index (χ3n) is 4.03. The van der Waals surface area contributed by atoms with Crippen molar-refractivity contribution in [3.05, 3.63) is 45.2 Å². The summed E-state index contributed by atoms with van der Waals surface area (Å²) in [6.45, 7) is 5.70. The number of amides is 1. The number of sulfonamides is 1. The van der Waals surface area contributed by atoms with Crippen LogP contribution in [0.5, 0.6) is 5.75 Å². The summed E-state index contributed by atoms with van der Waals surface area (Å²) in [7, 11) is -2.54. The number of hydrogen-bond acceptors (Lipinski definition) is 5. The minimum absolute atomic E-state index is 0.0552. The maximum absolute atomic E-state index is 13.1. The third kappa shape index (κ3) is 6.16. The van der Waals surface area contributed by atoms with Gasteiger partial charge in [-0.05, 0) is 23.6 Å². The van der Waals surface area contributed by atoms with E-state index < -0.39 is 27.7 Å². The molecule has 12 heteroatoms. The van der Waals surface area contributed by atoms with Gasteiger partial charge >= 0.3 is 6.18 Å². The second-order valence-corrected chi connectivity index (χ2v) is 10.3. The molecule has 0 saturated carbocycles. The Hall–Kier alpha value is -2.18. The number of nitrogens with two attached hydrogens (primary N) is 1. The second-order valence-electron chi connectivity index (χ2n) is 7.52. The zero-order chi connectivity index (χ0) is 22.9. The van der Waals surface area contributed by atoms with Crippen LogP contribution in [0, 0.1) is 0 Å². The molecule has 0 atom stereocenters. The van der Waals surface area contributed by atoms with Gasteiger partial charge in [-0.1, -0.05) is 20.8 Å². The Bertz CT molecular complexity index is 1110. The van der Waals surface area contributed by atoms with Crippen LogP contribution in [0.4, 0.5) is 13.2 Å². The average Bonchev–Trinajstić information content (AvgIpc) is 3.01. The lowest BCUT2D eigenvalue weighted by atomic mass is 9.95. The number of alkyl halides is 3. The quantitative estimate of drug-likeness (QED) is 0.733. The van der Waals surface area contributed by atoms with Gasteiger partial charge in [0.1, 0.15) is 5.75 Å². The molecule has 1 aromatic heterocycles. The molecule has 2 N–H and O–H groups in total. The number of benzene rings is 1. The highest BCUT2D eigenvalue weighted by atomic mass is 32.2. The minimum atomic E-state index is -4.64. The number of primary sulfonamides is 1. The molecule has 0 bridgehead atoms. The summed E-state index contributed by atoms with van der Waals surface area (Å²) in [5, 5.41) is 5.06. The van der Waals surface area contributed by atoms with E-state index in [9.17, 15) is 26.4 Å². The molecule has 0 saturated heterocycles. The van der Waals surface area contributed by atoms with Gasteiger partial charge in [-0.25, -0.2) is 13.6 Å². The molecule has 2 aromatic rings. The molecule has 0 unspecified atom stereocenters. The fourth-order valence-electron chi connectivity index (χ4n) is 2.40. The van der Waals surface area contributed by atoms with E-state index >= 15 is 0 Å². The number of carbonyl (C=O) groups is 1. The summed E-state index contributed by atoms with van der Waals surface area (Å²) < 4.78 is 68.3. The van der Waals surface area contributed by atoms with Gasteiger partial charge in [0.2, 0.25) is 10.0 Å².